The van der Waals surface area contributed by atoms with Gasteiger partial charge in [0.1, 0.15) is 0 Å². The third kappa shape index (κ3) is 13.2. The minimum atomic E-state index is -0.545. The molecule has 266 valence electrons. The van der Waals surface area contributed by atoms with Crippen LogP contribution >= 0.6 is 15.8 Å². The maximum atomic E-state index is 4.16. The van der Waals surface area contributed by atoms with Crippen molar-refractivity contribution >= 4 is 37.1 Å². The van der Waals surface area contributed by atoms with Gasteiger partial charge in [0.15, 0.2) is 0 Å². The fraction of sp³-hybridized carbons (Fsp3) is 0.0909. The molecule has 0 spiro atoms. The van der Waals surface area contributed by atoms with E-state index in [2.05, 4.69) is 165 Å². The second-order valence-electron chi connectivity index (χ2n) is 11.9. The van der Waals surface area contributed by atoms with Crippen LogP contribution in [0.4, 0.5) is 0 Å². The van der Waals surface area contributed by atoms with Gasteiger partial charge in [0.25, 0.3) is 0 Å². The summed E-state index contributed by atoms with van der Waals surface area (Å²) in [6.07, 6.45) is 3.50. The summed E-state index contributed by atoms with van der Waals surface area (Å²) in [5, 5.41) is 21.7. The molecule has 4 aromatic carbocycles. The number of aromatic nitrogens is 6. The van der Waals surface area contributed by atoms with Gasteiger partial charge in [-0.2, -0.15) is 0 Å². The van der Waals surface area contributed by atoms with E-state index in [1.165, 1.54) is 21.2 Å². The molecular weight excluding hydrogens is 865 g/mol. The zero-order valence-electron chi connectivity index (χ0n) is 30.4. The van der Waals surface area contributed by atoms with Crippen molar-refractivity contribution in [1.29, 1.82) is 0 Å². The number of aryl methyl sites for hydroxylation is 2. The Bertz CT molecular complexity index is 1900. The molecule has 8 rings (SSSR count). The quantitative estimate of drug-likeness (QED) is 0.159. The van der Waals surface area contributed by atoms with Gasteiger partial charge < -0.3 is 20.4 Å². The van der Waals surface area contributed by atoms with Gasteiger partial charge in [-0.1, -0.05) is 108 Å². The van der Waals surface area contributed by atoms with Crippen molar-refractivity contribution in [2.45, 2.75) is 13.8 Å². The van der Waals surface area contributed by atoms with Gasteiger partial charge in [-0.25, -0.2) is 0 Å². The van der Waals surface area contributed by atoms with Crippen molar-refractivity contribution in [3.63, 3.8) is 0 Å². The number of benzene rings is 4. The minimum absolute atomic E-state index is 0. The van der Waals surface area contributed by atoms with Crippen LogP contribution in [-0.4, -0.2) is 33.5 Å². The monoisotopic (exact) mass is 910 g/mol. The zero-order valence-corrected chi connectivity index (χ0v) is 34.9. The van der Waals surface area contributed by atoms with Gasteiger partial charge in [-0.05, 0) is 86.6 Å². The van der Waals surface area contributed by atoms with Crippen LogP contribution in [0.3, 0.4) is 0 Å². The van der Waals surface area contributed by atoms with Crippen molar-refractivity contribution < 1.29 is 19.8 Å². The third-order valence-corrected chi connectivity index (χ3v) is 12.8. The molecule has 6 nitrogen and oxygen atoms in total. The SMILES string of the molecule is C[PH+](c1ccccc1)c1ccccc1.C[PH+](c1ccccc1)c1ccccc1.Cc1cc(-c2ccccn2)[n-]n1.Cc1cc(-c2ccccn2)[n-]n1.[Os+2]. The Kier molecular flexibility index (Phi) is 17.1. The summed E-state index contributed by atoms with van der Waals surface area (Å²) in [5.74, 6) is 0. The first-order valence-corrected chi connectivity index (χ1v) is 21.1. The van der Waals surface area contributed by atoms with E-state index in [-0.39, 0.29) is 19.8 Å². The summed E-state index contributed by atoms with van der Waals surface area (Å²) < 4.78 is 0. The second-order valence-corrected chi connectivity index (χ2v) is 16.7. The van der Waals surface area contributed by atoms with Gasteiger partial charge in [0, 0.05) is 35.2 Å². The van der Waals surface area contributed by atoms with Crippen molar-refractivity contribution in [1.82, 2.24) is 30.4 Å². The van der Waals surface area contributed by atoms with E-state index in [1.54, 1.807) is 12.4 Å². The molecular formula is C44H44N6OsP2+2. The molecule has 4 heterocycles. The average Bonchev–Trinajstić information content (AvgIpc) is 3.88. The van der Waals surface area contributed by atoms with E-state index in [1.807, 2.05) is 62.4 Å². The number of nitrogens with zero attached hydrogens (tertiary/aromatic N) is 6. The predicted octanol–water partition coefficient (Wildman–Crippen LogP) is 7.78. The Morgan fingerprint density at radius 3 is 0.906 bits per heavy atom. The predicted molar refractivity (Wildman–Crippen MR) is 224 cm³/mol. The van der Waals surface area contributed by atoms with Gasteiger partial charge in [-0.3, -0.25) is 9.97 Å². The first kappa shape index (κ1) is 40.9. The minimum Gasteiger partial charge on any atom is -0.574 e. The van der Waals surface area contributed by atoms with Crippen molar-refractivity contribution in [2.75, 3.05) is 13.3 Å². The molecule has 0 bridgehead atoms. The number of rotatable bonds is 6. The Labute approximate surface area is 329 Å². The van der Waals surface area contributed by atoms with Gasteiger partial charge in [0.05, 0.1) is 50.4 Å². The first-order chi connectivity index (χ1) is 25.5. The molecule has 0 radical (unpaired) electrons. The van der Waals surface area contributed by atoms with E-state index in [0.717, 1.165) is 34.2 Å². The first-order valence-electron chi connectivity index (χ1n) is 17.1. The molecule has 0 unspecified atom stereocenters. The van der Waals surface area contributed by atoms with E-state index in [9.17, 15) is 0 Å². The molecule has 0 aliphatic rings. The smallest absolute Gasteiger partial charge is 0.574 e. The molecule has 4 aromatic heterocycles. The molecule has 0 N–H and O–H groups in total. The number of hydrogen-bond acceptors (Lipinski definition) is 4. The van der Waals surface area contributed by atoms with E-state index in [0.29, 0.717) is 0 Å². The van der Waals surface area contributed by atoms with E-state index in [4.69, 9.17) is 0 Å². The summed E-state index contributed by atoms with van der Waals surface area (Å²) in [6.45, 7) is 8.52. The standard InChI is InChI=1S/2C13H13P.2C9H8N3.Os/c2*1-14(12-8-4-2-5-9-12)13-10-6-3-7-11-13;2*1-7-6-9(12-11-7)8-4-2-3-5-10-8;/h2*2-11H,1H3;2*2-6H,1H3;/q;;2*-1;+2/p+2. The topological polar surface area (TPSA) is 79.8 Å². The van der Waals surface area contributed by atoms with Gasteiger partial charge in [0.2, 0.25) is 0 Å². The van der Waals surface area contributed by atoms with Gasteiger partial charge >= 0.3 is 19.8 Å². The molecule has 0 fully saturated rings. The van der Waals surface area contributed by atoms with Crippen LogP contribution < -0.4 is 31.4 Å². The summed E-state index contributed by atoms with van der Waals surface area (Å²) in [7, 11) is -1.09. The number of pyridine rings is 2. The van der Waals surface area contributed by atoms with Crippen LogP contribution in [0, 0.1) is 13.8 Å². The second kappa shape index (κ2) is 22.2. The van der Waals surface area contributed by atoms with Crippen molar-refractivity contribution in [2.24, 2.45) is 0 Å². The van der Waals surface area contributed by atoms with Crippen LogP contribution in [0.2, 0.25) is 0 Å². The van der Waals surface area contributed by atoms with Crippen LogP contribution in [0.5, 0.6) is 0 Å². The van der Waals surface area contributed by atoms with Gasteiger partial charge in [-0.15, -0.1) is 0 Å². The molecule has 0 saturated heterocycles. The average molecular weight is 909 g/mol. The van der Waals surface area contributed by atoms with E-state index >= 15 is 0 Å². The normalized spacial score (nSPS) is 10.1. The Balaban J connectivity index is 0.000000157. The fourth-order valence-corrected chi connectivity index (χ4v) is 8.58. The maximum absolute atomic E-state index is 4.16. The Hall–Kier alpha value is -4.90. The molecule has 8 aromatic rings. The summed E-state index contributed by atoms with van der Waals surface area (Å²) in [5.41, 5.74) is 5.28. The third-order valence-electron chi connectivity index (χ3n) is 8.00. The molecule has 0 saturated carbocycles. The molecule has 0 amide bonds. The number of hydrogen-bond donors (Lipinski definition) is 0. The van der Waals surface area contributed by atoms with Crippen LogP contribution in [0.15, 0.2) is 182 Å². The molecule has 0 aliphatic heterocycles. The van der Waals surface area contributed by atoms with Crippen molar-refractivity contribution in [3.05, 3.63) is 194 Å². The van der Waals surface area contributed by atoms with Crippen LogP contribution in [0.1, 0.15) is 11.4 Å². The summed E-state index contributed by atoms with van der Waals surface area (Å²) >= 11 is 0. The summed E-state index contributed by atoms with van der Waals surface area (Å²) in [4.78, 5) is 8.32. The fourth-order valence-electron chi connectivity index (χ4n) is 5.14. The maximum Gasteiger partial charge on any atom is 2.00 e. The molecule has 0 aliphatic carbocycles. The largest absolute Gasteiger partial charge is 2.00 e. The Morgan fingerprint density at radius 1 is 0.396 bits per heavy atom. The van der Waals surface area contributed by atoms with Crippen molar-refractivity contribution in [3.8, 4) is 22.8 Å². The molecule has 9 heteroatoms. The van der Waals surface area contributed by atoms with E-state index < -0.39 is 15.8 Å². The van der Waals surface area contributed by atoms with Crippen LogP contribution in [0.25, 0.3) is 22.8 Å². The molecule has 0 atom stereocenters. The Morgan fingerprint density at radius 2 is 0.679 bits per heavy atom. The zero-order chi connectivity index (χ0) is 36.4. The van der Waals surface area contributed by atoms with Crippen LogP contribution in [-0.2, 0) is 19.8 Å². The summed E-state index contributed by atoms with van der Waals surface area (Å²) in [6, 6.07) is 58.3. The molecule has 53 heavy (non-hydrogen) atoms.